The number of hydrogen-bond donors (Lipinski definition) is 4. The summed E-state index contributed by atoms with van der Waals surface area (Å²) in [5.74, 6) is 1.38. The van der Waals surface area contributed by atoms with Crippen LogP contribution < -0.4 is 10.6 Å². The number of imidazole rings is 2. The van der Waals surface area contributed by atoms with E-state index < -0.39 is 24.6 Å². The van der Waals surface area contributed by atoms with E-state index in [0.717, 1.165) is 73.4 Å². The van der Waals surface area contributed by atoms with Gasteiger partial charge in [-0.1, -0.05) is 80.6 Å². The van der Waals surface area contributed by atoms with Gasteiger partial charge < -0.3 is 44.0 Å². The number of amides is 3. The number of methoxy groups -OCH3 is 2. The molecule has 7 aromatic rings. The number of hydrogen-bond acceptors (Lipinski definition) is 10. The number of carbonyl (C=O) groups is 3. The van der Waals surface area contributed by atoms with Crippen molar-refractivity contribution in [2.24, 2.45) is 11.8 Å². The van der Waals surface area contributed by atoms with Crippen molar-refractivity contribution in [3.63, 3.8) is 0 Å². The van der Waals surface area contributed by atoms with E-state index in [2.05, 4.69) is 82.1 Å². The molecule has 6 atom stereocenters. The fourth-order valence-corrected chi connectivity index (χ4v) is 10.1. The molecular formula is C50H54N8O7. The molecule has 5 heterocycles. The Balaban J connectivity index is 0.922. The van der Waals surface area contributed by atoms with E-state index in [1.54, 1.807) is 12.0 Å². The van der Waals surface area contributed by atoms with E-state index in [1.807, 2.05) is 55.1 Å². The van der Waals surface area contributed by atoms with Crippen molar-refractivity contribution in [1.29, 1.82) is 0 Å². The lowest BCUT2D eigenvalue weighted by Crippen LogP contribution is -2.57. The summed E-state index contributed by atoms with van der Waals surface area (Å²) in [6, 6.07) is 28.6. The van der Waals surface area contributed by atoms with E-state index in [0.29, 0.717) is 31.0 Å². The molecule has 0 bridgehead atoms. The van der Waals surface area contributed by atoms with Gasteiger partial charge in [-0.3, -0.25) is 14.9 Å². The fourth-order valence-electron chi connectivity index (χ4n) is 10.1. The minimum atomic E-state index is -0.937. The molecular weight excluding hydrogens is 825 g/mol. The number of aromatic amines is 2. The van der Waals surface area contributed by atoms with Crippen LogP contribution in [-0.2, 0) is 28.5 Å². The fraction of sp³-hybridized carbons (Fsp3) is 0.380. The van der Waals surface area contributed by atoms with Crippen molar-refractivity contribution < 1.29 is 33.3 Å². The highest BCUT2D eigenvalue weighted by atomic mass is 16.9. The molecule has 0 saturated carbocycles. The van der Waals surface area contributed by atoms with E-state index in [1.165, 1.54) is 7.11 Å². The average molecular weight is 879 g/mol. The monoisotopic (exact) mass is 878 g/mol. The lowest BCUT2D eigenvalue weighted by atomic mass is 9.98. The maximum atomic E-state index is 14.4. The normalized spacial score (nSPS) is 21.1. The zero-order valence-corrected chi connectivity index (χ0v) is 37.2. The number of fused-ring (bicyclic) bond motifs is 6. The Hall–Kier alpha value is -6.39. The number of benzene rings is 5. The summed E-state index contributed by atoms with van der Waals surface area (Å²) >= 11 is 0. The van der Waals surface area contributed by atoms with Gasteiger partial charge in [0.2, 0.25) is 12.3 Å². The Morgan fingerprint density at radius 2 is 1.43 bits per heavy atom. The van der Waals surface area contributed by atoms with Gasteiger partial charge in [0.1, 0.15) is 17.7 Å². The van der Waals surface area contributed by atoms with E-state index in [4.69, 9.17) is 28.9 Å². The highest BCUT2D eigenvalue weighted by molar-refractivity contribution is 6.07. The molecule has 0 spiro atoms. The van der Waals surface area contributed by atoms with Gasteiger partial charge in [0.25, 0.3) is 5.91 Å². The van der Waals surface area contributed by atoms with Crippen molar-refractivity contribution in [3.8, 4) is 11.1 Å². The smallest absolute Gasteiger partial charge is 0.407 e. The number of carbonyl (C=O) groups excluding carboxylic acids is 3. The standard InChI is InChI=1S/C50H54N8O7/c1-27(2)41(56-50-64-26-65-50)48(60)58-28(3)11-20-39(58)45-51-37-18-14-33-22-31(12-16-35(33)43(37)53-45)32-13-17-36-34(23-32)15-19-38-44(36)54-46(52-38)40-21-29(25-62-4)24-57(40)47(59)42(55-49(61)63-5)30-9-7-6-8-10-30/h6-10,12-19,22-23,27-29,39-42,50,56H,11,20-21,24-26H2,1-5H3,(H,51,53)(H,52,54)(H,55,61)/t28-,29-,39-,40-,41-,42+/m0/s1. The van der Waals surface area contributed by atoms with Gasteiger partial charge in [0.15, 0.2) is 6.79 Å². The third-order valence-electron chi connectivity index (χ3n) is 13.5. The van der Waals surface area contributed by atoms with Gasteiger partial charge in [0.05, 0.1) is 53.9 Å². The molecule has 3 amide bonds. The molecule has 5 aromatic carbocycles. The van der Waals surface area contributed by atoms with Crippen LogP contribution in [0.1, 0.15) is 75.4 Å². The summed E-state index contributed by atoms with van der Waals surface area (Å²) in [6.45, 7) is 7.34. The molecule has 15 nitrogen and oxygen atoms in total. The first-order valence-corrected chi connectivity index (χ1v) is 22.4. The molecule has 15 heteroatoms. The third kappa shape index (κ3) is 7.96. The lowest BCUT2D eigenvalue weighted by Gasteiger charge is -2.37. The number of H-pyrrole nitrogens is 2. The van der Waals surface area contributed by atoms with E-state index in [-0.39, 0.29) is 48.6 Å². The molecule has 3 fully saturated rings. The predicted molar refractivity (Wildman–Crippen MR) is 246 cm³/mol. The Morgan fingerprint density at radius 3 is 2.00 bits per heavy atom. The van der Waals surface area contributed by atoms with Crippen LogP contribution in [0.15, 0.2) is 91.0 Å². The second kappa shape index (κ2) is 17.5. The van der Waals surface area contributed by atoms with Crippen molar-refractivity contribution in [2.75, 3.05) is 34.2 Å². The summed E-state index contributed by atoms with van der Waals surface area (Å²) in [5, 5.41) is 10.2. The van der Waals surface area contributed by atoms with Crippen LogP contribution in [-0.4, -0.2) is 100 Å². The second-order valence-electron chi connectivity index (χ2n) is 17.9. The number of rotatable bonds is 12. The first-order chi connectivity index (χ1) is 31.6. The SMILES string of the molecule is COC[C@H]1C[C@@H](c2nc3ccc4cc(-c5ccc6c(ccc7nc([C@@H]8CC[C@H](C)N8C(=O)[C@@H](NC8OCO8)C(C)C)[nH]c76)c5)ccc4c3[nH]2)N(C(=O)[C@H](NC(=O)OC)c2ccccc2)C1. The minimum absolute atomic E-state index is 0.0280. The largest absolute Gasteiger partial charge is 0.453 e. The van der Waals surface area contributed by atoms with Crippen molar-refractivity contribution in [2.45, 2.75) is 76.7 Å². The van der Waals surface area contributed by atoms with Crippen LogP contribution in [0.3, 0.4) is 0 Å². The molecule has 10 rings (SSSR count). The van der Waals surface area contributed by atoms with E-state index in [9.17, 15) is 14.4 Å². The minimum Gasteiger partial charge on any atom is -0.453 e. The van der Waals surface area contributed by atoms with Gasteiger partial charge in [-0.15, -0.1) is 0 Å². The molecule has 0 aliphatic carbocycles. The maximum absolute atomic E-state index is 14.4. The van der Waals surface area contributed by atoms with Gasteiger partial charge in [-0.2, -0.15) is 0 Å². The number of nitrogens with one attached hydrogen (secondary N) is 4. The molecule has 4 N–H and O–H groups in total. The third-order valence-corrected chi connectivity index (χ3v) is 13.5. The summed E-state index contributed by atoms with van der Waals surface area (Å²) in [4.78, 5) is 62.1. The van der Waals surface area contributed by atoms with Crippen molar-refractivity contribution in [1.82, 2.24) is 40.4 Å². The van der Waals surface area contributed by atoms with Crippen molar-refractivity contribution >= 4 is 61.5 Å². The molecule has 3 aliphatic heterocycles. The van der Waals surface area contributed by atoms with Crippen molar-refractivity contribution in [3.05, 3.63) is 108 Å². The Labute approximate surface area is 376 Å². The number of nitrogens with zero attached hydrogens (tertiary/aromatic N) is 4. The van der Waals surface area contributed by atoms with Gasteiger partial charge in [-0.25, -0.2) is 14.8 Å². The Bertz CT molecular complexity index is 2910. The molecule has 3 saturated heterocycles. The molecule has 0 radical (unpaired) electrons. The summed E-state index contributed by atoms with van der Waals surface area (Å²) in [6.07, 6.45) is 1.11. The molecule has 0 unspecified atom stereocenters. The van der Waals surface area contributed by atoms with Crippen LogP contribution in [0, 0.1) is 11.8 Å². The summed E-state index contributed by atoms with van der Waals surface area (Å²) in [5.41, 5.74) is 6.33. The Kier molecular flexibility index (Phi) is 11.5. The quantitative estimate of drug-likeness (QED) is 0.0941. The molecule has 3 aliphatic rings. The second-order valence-corrected chi connectivity index (χ2v) is 17.9. The van der Waals surface area contributed by atoms with Gasteiger partial charge in [0, 0.05) is 36.4 Å². The summed E-state index contributed by atoms with van der Waals surface area (Å²) in [7, 11) is 2.95. The average Bonchev–Trinajstić information content (AvgIpc) is 4.12. The zero-order chi connectivity index (χ0) is 44.9. The van der Waals surface area contributed by atoms with Crippen LogP contribution in [0.5, 0.6) is 0 Å². The first kappa shape index (κ1) is 42.6. The predicted octanol–water partition coefficient (Wildman–Crippen LogP) is 8.00. The molecule has 336 valence electrons. The lowest BCUT2D eigenvalue weighted by molar-refractivity contribution is -0.335. The number of ether oxygens (including phenoxy) is 4. The molecule has 2 aromatic heterocycles. The number of alkyl carbamates (subject to hydrolysis) is 1. The van der Waals surface area contributed by atoms with Gasteiger partial charge in [-0.05, 0) is 83.8 Å². The van der Waals surface area contributed by atoms with Crippen LogP contribution >= 0.6 is 0 Å². The van der Waals surface area contributed by atoms with Crippen LogP contribution in [0.4, 0.5) is 4.79 Å². The van der Waals surface area contributed by atoms with Gasteiger partial charge >= 0.3 is 6.09 Å². The highest BCUT2D eigenvalue weighted by Crippen LogP contribution is 2.40. The highest BCUT2D eigenvalue weighted by Gasteiger charge is 2.43. The maximum Gasteiger partial charge on any atom is 0.407 e. The zero-order valence-electron chi connectivity index (χ0n) is 37.2. The first-order valence-electron chi connectivity index (χ1n) is 22.4. The Morgan fingerprint density at radius 1 is 0.800 bits per heavy atom. The summed E-state index contributed by atoms with van der Waals surface area (Å²) < 4.78 is 21.3. The molecule has 65 heavy (non-hydrogen) atoms. The topological polar surface area (TPSA) is 176 Å². The van der Waals surface area contributed by atoms with E-state index >= 15 is 0 Å². The van der Waals surface area contributed by atoms with Crippen LogP contribution in [0.25, 0.3) is 54.7 Å². The number of aromatic nitrogens is 4. The number of likely N-dealkylation sites (tertiary alicyclic amines) is 2. The van der Waals surface area contributed by atoms with Crippen LogP contribution in [0.2, 0.25) is 0 Å².